The lowest BCUT2D eigenvalue weighted by atomic mass is 10.2. The summed E-state index contributed by atoms with van der Waals surface area (Å²) in [6, 6.07) is 13.6. The molecule has 0 bridgehead atoms. The molecule has 1 aliphatic rings. The van der Waals surface area contributed by atoms with Gasteiger partial charge in [0.2, 0.25) is 11.8 Å². The van der Waals surface area contributed by atoms with E-state index >= 15 is 0 Å². The highest BCUT2D eigenvalue weighted by Gasteiger charge is 2.21. The number of rotatable bonds is 8. The fourth-order valence-corrected chi connectivity index (χ4v) is 4.00. The molecule has 10 heteroatoms. The monoisotopic (exact) mass is 468 g/mol. The van der Waals surface area contributed by atoms with Crippen molar-refractivity contribution >= 4 is 46.6 Å². The number of benzene rings is 2. The Morgan fingerprint density at radius 2 is 1.35 bits per heavy atom. The molecule has 0 unspecified atom stereocenters. The maximum absolute atomic E-state index is 12.7. The van der Waals surface area contributed by atoms with Gasteiger partial charge in [-0.2, -0.15) is 8.78 Å². The van der Waals surface area contributed by atoms with Crippen molar-refractivity contribution in [3.05, 3.63) is 53.6 Å². The smallest absolute Gasteiger partial charge is 0.288 e. The molecular weight excluding hydrogens is 446 g/mol. The molecule has 6 nitrogen and oxygen atoms in total. The Morgan fingerprint density at radius 1 is 0.871 bits per heavy atom. The molecule has 1 fully saturated rings. The summed E-state index contributed by atoms with van der Waals surface area (Å²) in [5, 5.41) is 6.00. The second-order valence-corrected chi connectivity index (χ2v) is 8.44. The van der Waals surface area contributed by atoms with Crippen LogP contribution in [0.4, 0.5) is 20.2 Å². The molecule has 0 aromatic heterocycles. The first-order valence-electron chi connectivity index (χ1n) is 9.73. The molecule has 166 valence electrons. The van der Waals surface area contributed by atoms with Crippen molar-refractivity contribution < 1.29 is 18.4 Å². The summed E-state index contributed by atoms with van der Waals surface area (Å²) < 4.78 is 25.4. The summed E-state index contributed by atoms with van der Waals surface area (Å²) in [6.07, 6.45) is 0. The van der Waals surface area contributed by atoms with E-state index < -0.39 is 5.76 Å². The van der Waals surface area contributed by atoms with Gasteiger partial charge in [-0.3, -0.25) is 19.4 Å². The van der Waals surface area contributed by atoms with Crippen LogP contribution in [0.5, 0.6) is 0 Å². The van der Waals surface area contributed by atoms with Crippen molar-refractivity contribution in [2.75, 3.05) is 49.9 Å². The van der Waals surface area contributed by atoms with E-state index in [0.29, 0.717) is 59.2 Å². The number of anilines is 2. The van der Waals surface area contributed by atoms with E-state index in [1.54, 1.807) is 48.5 Å². The second kappa shape index (κ2) is 11.4. The number of nitrogens with one attached hydrogen (secondary N) is 2. The SMILES string of the molecule is O=C(CN1CCN(CC(=O)Nc2ccccc2SC(F)F)CC1)Nc1ccccc1Cl. The second-order valence-electron chi connectivity index (χ2n) is 7.00. The van der Waals surface area contributed by atoms with E-state index in [1.165, 1.54) is 0 Å². The number of nitrogens with zero attached hydrogens (tertiary/aromatic N) is 2. The molecule has 0 aliphatic carbocycles. The standard InChI is InChI=1S/C21H23ClF2N4O2S/c22-15-5-1-2-6-16(15)25-19(29)13-27-9-11-28(12-10-27)14-20(30)26-17-7-3-4-8-18(17)31-21(23)24/h1-8,21H,9-14H2,(H,25,29)(H,26,30). The fourth-order valence-electron chi connectivity index (χ4n) is 3.22. The zero-order valence-electron chi connectivity index (χ0n) is 16.7. The zero-order valence-corrected chi connectivity index (χ0v) is 18.3. The highest BCUT2D eigenvalue weighted by Crippen LogP contribution is 2.31. The van der Waals surface area contributed by atoms with Crippen molar-refractivity contribution in [3.8, 4) is 0 Å². The van der Waals surface area contributed by atoms with E-state index in [4.69, 9.17) is 11.6 Å². The number of alkyl halides is 2. The maximum atomic E-state index is 12.7. The average molecular weight is 469 g/mol. The summed E-state index contributed by atoms with van der Waals surface area (Å²) in [7, 11) is 0. The third kappa shape index (κ3) is 7.46. The van der Waals surface area contributed by atoms with Crippen LogP contribution in [0, 0.1) is 0 Å². The molecule has 1 aliphatic heterocycles. The lowest BCUT2D eigenvalue weighted by Gasteiger charge is -2.33. The van der Waals surface area contributed by atoms with Crippen molar-refractivity contribution in [1.29, 1.82) is 0 Å². The predicted molar refractivity (Wildman–Crippen MR) is 120 cm³/mol. The maximum Gasteiger partial charge on any atom is 0.288 e. The minimum atomic E-state index is -2.55. The third-order valence-electron chi connectivity index (χ3n) is 4.72. The van der Waals surface area contributed by atoms with Gasteiger partial charge < -0.3 is 10.6 Å². The summed E-state index contributed by atoms with van der Waals surface area (Å²) in [5.41, 5.74) is 0.961. The van der Waals surface area contributed by atoms with Crippen molar-refractivity contribution in [2.24, 2.45) is 0 Å². The molecule has 1 heterocycles. The molecular formula is C21H23ClF2N4O2S. The Hall–Kier alpha value is -2.20. The Balaban J connectivity index is 1.42. The first kappa shape index (κ1) is 23.5. The fraction of sp³-hybridized carbons (Fsp3) is 0.333. The van der Waals surface area contributed by atoms with E-state index in [2.05, 4.69) is 10.6 Å². The number of hydrogen-bond donors (Lipinski definition) is 2. The van der Waals surface area contributed by atoms with Crippen LogP contribution in [-0.2, 0) is 9.59 Å². The Morgan fingerprint density at radius 3 is 1.90 bits per heavy atom. The number of amides is 2. The van der Waals surface area contributed by atoms with Crippen LogP contribution >= 0.6 is 23.4 Å². The topological polar surface area (TPSA) is 64.7 Å². The van der Waals surface area contributed by atoms with Crippen LogP contribution in [0.2, 0.25) is 5.02 Å². The molecule has 1 saturated heterocycles. The summed E-state index contributed by atoms with van der Waals surface area (Å²) in [5.74, 6) is -2.96. The number of carbonyl (C=O) groups is 2. The number of carbonyl (C=O) groups excluding carboxylic acids is 2. The molecule has 2 N–H and O–H groups in total. The van der Waals surface area contributed by atoms with Crippen LogP contribution in [0.15, 0.2) is 53.4 Å². The van der Waals surface area contributed by atoms with Crippen LogP contribution in [0.3, 0.4) is 0 Å². The zero-order chi connectivity index (χ0) is 22.2. The molecule has 2 amide bonds. The minimum Gasteiger partial charge on any atom is -0.324 e. The van der Waals surface area contributed by atoms with Crippen LogP contribution in [0.25, 0.3) is 0 Å². The van der Waals surface area contributed by atoms with Gasteiger partial charge in [-0.1, -0.05) is 47.6 Å². The van der Waals surface area contributed by atoms with Gasteiger partial charge in [0.1, 0.15) is 0 Å². The van der Waals surface area contributed by atoms with Gasteiger partial charge in [-0.05, 0) is 24.3 Å². The highest BCUT2D eigenvalue weighted by atomic mass is 35.5. The molecule has 0 radical (unpaired) electrons. The number of hydrogen-bond acceptors (Lipinski definition) is 5. The lowest BCUT2D eigenvalue weighted by molar-refractivity contribution is -0.120. The Kier molecular flexibility index (Phi) is 8.65. The van der Waals surface area contributed by atoms with E-state index in [9.17, 15) is 18.4 Å². The number of halogens is 3. The number of piperazine rings is 1. The highest BCUT2D eigenvalue weighted by molar-refractivity contribution is 7.99. The normalized spacial score (nSPS) is 15.1. The van der Waals surface area contributed by atoms with E-state index in [1.807, 2.05) is 9.80 Å². The summed E-state index contributed by atoms with van der Waals surface area (Å²) in [6.45, 7) is 2.93. The lowest BCUT2D eigenvalue weighted by Crippen LogP contribution is -2.50. The van der Waals surface area contributed by atoms with E-state index in [0.717, 1.165) is 0 Å². The van der Waals surface area contributed by atoms with Gasteiger partial charge in [0.05, 0.1) is 29.5 Å². The molecule has 2 aromatic carbocycles. The van der Waals surface area contributed by atoms with Gasteiger partial charge in [0.25, 0.3) is 5.76 Å². The van der Waals surface area contributed by atoms with Gasteiger partial charge in [0, 0.05) is 31.1 Å². The molecule has 0 spiro atoms. The van der Waals surface area contributed by atoms with Crippen LogP contribution in [-0.4, -0.2) is 66.6 Å². The first-order valence-corrected chi connectivity index (χ1v) is 11.0. The van der Waals surface area contributed by atoms with Crippen LogP contribution in [0.1, 0.15) is 0 Å². The molecule has 2 aromatic rings. The van der Waals surface area contributed by atoms with E-state index in [-0.39, 0.29) is 24.9 Å². The van der Waals surface area contributed by atoms with Crippen molar-refractivity contribution in [3.63, 3.8) is 0 Å². The van der Waals surface area contributed by atoms with Gasteiger partial charge >= 0.3 is 0 Å². The van der Waals surface area contributed by atoms with Crippen LogP contribution < -0.4 is 10.6 Å². The van der Waals surface area contributed by atoms with Gasteiger partial charge in [-0.25, -0.2) is 0 Å². The molecule has 31 heavy (non-hydrogen) atoms. The molecule has 0 atom stereocenters. The largest absolute Gasteiger partial charge is 0.324 e. The summed E-state index contributed by atoms with van der Waals surface area (Å²) >= 11 is 6.47. The van der Waals surface area contributed by atoms with Crippen molar-refractivity contribution in [1.82, 2.24) is 9.80 Å². The first-order chi connectivity index (χ1) is 14.9. The molecule has 0 saturated carbocycles. The van der Waals surface area contributed by atoms with Gasteiger partial charge in [-0.15, -0.1) is 0 Å². The Labute approximate surface area is 188 Å². The quantitative estimate of drug-likeness (QED) is 0.576. The Bertz CT molecular complexity index is 910. The summed E-state index contributed by atoms with van der Waals surface area (Å²) in [4.78, 5) is 28.9. The minimum absolute atomic E-state index is 0.146. The predicted octanol–water partition coefficient (Wildman–Crippen LogP) is 3.85. The average Bonchev–Trinajstić information content (AvgIpc) is 2.72. The van der Waals surface area contributed by atoms with Crippen molar-refractivity contribution in [2.45, 2.75) is 10.7 Å². The molecule has 3 rings (SSSR count). The van der Waals surface area contributed by atoms with Gasteiger partial charge in [0.15, 0.2) is 0 Å². The third-order valence-corrected chi connectivity index (χ3v) is 5.84. The number of thioether (sulfide) groups is 1. The number of para-hydroxylation sites is 2.